The zero-order valence-corrected chi connectivity index (χ0v) is 15.0. The van der Waals surface area contributed by atoms with Crippen molar-refractivity contribution in [3.05, 3.63) is 69.3 Å². The Hall–Kier alpha value is -3.73. The third kappa shape index (κ3) is 4.27. The molecule has 0 aliphatic heterocycles. The Bertz CT molecular complexity index is 947. The van der Waals surface area contributed by atoms with Crippen molar-refractivity contribution in [3.63, 3.8) is 0 Å². The number of ketones is 1. The minimum absolute atomic E-state index is 0.0102. The number of ether oxygens (including phenoxy) is 1. The summed E-state index contributed by atoms with van der Waals surface area (Å²) < 4.78 is 4.96. The molecular formula is C19H17N3O5. The lowest BCUT2D eigenvalue weighted by Gasteiger charge is -2.14. The number of nitriles is 1. The predicted molar refractivity (Wildman–Crippen MR) is 97.8 cm³/mol. The molecule has 2 aromatic rings. The van der Waals surface area contributed by atoms with Gasteiger partial charge in [-0.2, -0.15) is 5.26 Å². The lowest BCUT2D eigenvalue weighted by molar-refractivity contribution is -0.384. The van der Waals surface area contributed by atoms with Gasteiger partial charge in [0.05, 0.1) is 10.5 Å². The molecule has 27 heavy (non-hydrogen) atoms. The van der Waals surface area contributed by atoms with E-state index in [1.165, 1.54) is 37.3 Å². The Labute approximate surface area is 155 Å². The number of nitro groups is 1. The van der Waals surface area contributed by atoms with Crippen LogP contribution in [0, 0.1) is 21.4 Å². The summed E-state index contributed by atoms with van der Waals surface area (Å²) in [6.07, 6.45) is -0.971. The van der Waals surface area contributed by atoms with Crippen molar-refractivity contribution in [2.45, 2.75) is 13.0 Å². The molecule has 0 aromatic heterocycles. The summed E-state index contributed by atoms with van der Waals surface area (Å²) in [7, 11) is 3.32. The fraction of sp³-hybridized carbons (Fsp3) is 0.211. The minimum atomic E-state index is -0.971. The van der Waals surface area contributed by atoms with E-state index in [-0.39, 0.29) is 22.4 Å². The molecule has 138 valence electrons. The van der Waals surface area contributed by atoms with Gasteiger partial charge in [0, 0.05) is 31.3 Å². The first-order chi connectivity index (χ1) is 12.8. The van der Waals surface area contributed by atoms with Gasteiger partial charge in [-0.3, -0.25) is 14.9 Å². The number of carbonyl (C=O) groups is 2. The Balaban J connectivity index is 2.48. The predicted octanol–water partition coefficient (Wildman–Crippen LogP) is 2.96. The summed E-state index contributed by atoms with van der Waals surface area (Å²) in [6.45, 7) is 1.41. The van der Waals surface area contributed by atoms with E-state index in [0.29, 0.717) is 5.69 Å². The van der Waals surface area contributed by atoms with E-state index in [2.05, 4.69) is 0 Å². The normalized spacial score (nSPS) is 11.2. The first-order valence-corrected chi connectivity index (χ1v) is 7.96. The van der Waals surface area contributed by atoms with Crippen LogP contribution >= 0.6 is 0 Å². The van der Waals surface area contributed by atoms with E-state index < -0.39 is 22.8 Å². The van der Waals surface area contributed by atoms with Gasteiger partial charge in [0.25, 0.3) is 5.69 Å². The van der Waals surface area contributed by atoms with Crippen LogP contribution in [0.3, 0.4) is 0 Å². The molecule has 0 aliphatic carbocycles. The van der Waals surface area contributed by atoms with Crippen LogP contribution in [0.4, 0.5) is 11.4 Å². The van der Waals surface area contributed by atoms with Gasteiger partial charge in [-0.05, 0) is 25.1 Å². The second kappa shape index (κ2) is 8.10. The maximum atomic E-state index is 12.9. The third-order valence-corrected chi connectivity index (χ3v) is 3.77. The maximum absolute atomic E-state index is 12.9. The first-order valence-electron chi connectivity index (χ1n) is 7.96. The molecule has 0 aliphatic rings. The molecule has 1 atom stereocenters. The van der Waals surface area contributed by atoms with Crippen LogP contribution in [0.25, 0.3) is 0 Å². The van der Waals surface area contributed by atoms with Crippen LogP contribution in [0.5, 0.6) is 0 Å². The van der Waals surface area contributed by atoms with Crippen LogP contribution < -0.4 is 4.90 Å². The highest BCUT2D eigenvalue weighted by Gasteiger charge is 2.23. The largest absolute Gasteiger partial charge is 0.444 e. The molecule has 0 heterocycles. The lowest BCUT2D eigenvalue weighted by Crippen LogP contribution is -2.17. The number of nitrogens with zero attached hydrogens (tertiary/aromatic N) is 3. The van der Waals surface area contributed by atoms with Crippen LogP contribution in [0.2, 0.25) is 0 Å². The van der Waals surface area contributed by atoms with Crippen LogP contribution in [0.15, 0.2) is 42.5 Å². The minimum Gasteiger partial charge on any atom is -0.444 e. The van der Waals surface area contributed by atoms with Gasteiger partial charge in [0.1, 0.15) is 11.8 Å². The Morgan fingerprint density at radius 2 is 1.81 bits per heavy atom. The van der Waals surface area contributed by atoms with Gasteiger partial charge >= 0.3 is 5.97 Å². The highest BCUT2D eigenvalue weighted by Crippen LogP contribution is 2.29. The average Bonchev–Trinajstić information content (AvgIpc) is 2.66. The number of carbonyl (C=O) groups excluding carboxylic acids is 2. The Kier molecular flexibility index (Phi) is 5.88. The molecule has 0 bridgehead atoms. The van der Waals surface area contributed by atoms with Crippen molar-refractivity contribution in [3.8, 4) is 6.07 Å². The molecular weight excluding hydrogens is 350 g/mol. The molecule has 2 aromatic carbocycles. The number of nitro benzene ring substituents is 1. The van der Waals surface area contributed by atoms with E-state index in [1.807, 2.05) is 0 Å². The van der Waals surface area contributed by atoms with Crippen molar-refractivity contribution < 1.29 is 19.2 Å². The number of anilines is 1. The van der Waals surface area contributed by atoms with Gasteiger partial charge in [-0.1, -0.05) is 18.2 Å². The number of hydrogen-bond acceptors (Lipinski definition) is 7. The fourth-order valence-corrected chi connectivity index (χ4v) is 2.45. The molecule has 2 rings (SSSR count). The molecule has 0 spiro atoms. The summed E-state index contributed by atoms with van der Waals surface area (Å²) in [5, 5.41) is 20.1. The number of benzene rings is 2. The zero-order chi connectivity index (χ0) is 20.1. The second-order valence-corrected chi connectivity index (χ2v) is 5.91. The summed E-state index contributed by atoms with van der Waals surface area (Å²) in [6, 6.07) is 11.9. The lowest BCUT2D eigenvalue weighted by atomic mass is 9.97. The van der Waals surface area contributed by atoms with E-state index in [9.17, 15) is 19.7 Å². The maximum Gasteiger partial charge on any atom is 0.340 e. The van der Waals surface area contributed by atoms with E-state index in [0.717, 1.165) is 0 Å². The highest BCUT2D eigenvalue weighted by atomic mass is 16.6. The summed E-state index contributed by atoms with van der Waals surface area (Å²) in [5.74, 6) is -1.37. The van der Waals surface area contributed by atoms with Crippen molar-refractivity contribution in [1.29, 1.82) is 5.26 Å². The van der Waals surface area contributed by atoms with E-state index in [1.54, 1.807) is 37.2 Å². The summed E-state index contributed by atoms with van der Waals surface area (Å²) in [4.78, 5) is 37.5. The standard InChI is InChI=1S/C19H17N3O5/c1-12(11-20)27-19(24)15-7-5-4-6-14(15)18(23)13-8-9-16(21(2)3)17(10-13)22(25)26/h4-10,12H,1-3H3/t12-/m0/s1. The smallest absolute Gasteiger partial charge is 0.340 e. The molecule has 0 amide bonds. The highest BCUT2D eigenvalue weighted by molar-refractivity contribution is 6.15. The van der Waals surface area contributed by atoms with Gasteiger partial charge in [0.2, 0.25) is 0 Å². The monoisotopic (exact) mass is 367 g/mol. The molecule has 8 nitrogen and oxygen atoms in total. The average molecular weight is 367 g/mol. The van der Waals surface area contributed by atoms with E-state index >= 15 is 0 Å². The summed E-state index contributed by atoms with van der Waals surface area (Å²) >= 11 is 0. The Morgan fingerprint density at radius 1 is 1.19 bits per heavy atom. The number of rotatable bonds is 6. The van der Waals surface area contributed by atoms with Gasteiger partial charge in [-0.15, -0.1) is 0 Å². The number of hydrogen-bond donors (Lipinski definition) is 0. The molecule has 8 heteroatoms. The topological polar surface area (TPSA) is 114 Å². The van der Waals surface area contributed by atoms with Gasteiger partial charge in [0.15, 0.2) is 11.9 Å². The van der Waals surface area contributed by atoms with Crippen molar-refractivity contribution >= 4 is 23.1 Å². The summed E-state index contributed by atoms with van der Waals surface area (Å²) in [5.41, 5.74) is 0.237. The molecule has 0 radical (unpaired) electrons. The van der Waals surface area contributed by atoms with Gasteiger partial charge in [-0.25, -0.2) is 4.79 Å². The van der Waals surface area contributed by atoms with Crippen LogP contribution in [-0.2, 0) is 4.74 Å². The molecule has 0 saturated heterocycles. The van der Waals surface area contributed by atoms with Crippen molar-refractivity contribution in [2.24, 2.45) is 0 Å². The zero-order valence-electron chi connectivity index (χ0n) is 15.0. The quantitative estimate of drug-likeness (QED) is 0.334. The third-order valence-electron chi connectivity index (χ3n) is 3.77. The van der Waals surface area contributed by atoms with E-state index in [4.69, 9.17) is 10.00 Å². The molecule has 0 unspecified atom stereocenters. The second-order valence-electron chi connectivity index (χ2n) is 5.91. The molecule has 0 fully saturated rings. The molecule has 0 N–H and O–H groups in total. The SMILES string of the molecule is C[C@@H](C#N)OC(=O)c1ccccc1C(=O)c1ccc(N(C)C)c([N+](=O)[O-])c1. The Morgan fingerprint density at radius 3 is 2.37 bits per heavy atom. The van der Waals surface area contributed by atoms with Crippen molar-refractivity contribution in [2.75, 3.05) is 19.0 Å². The first kappa shape index (κ1) is 19.6. The van der Waals surface area contributed by atoms with Crippen LogP contribution in [-0.4, -0.2) is 36.9 Å². The molecule has 0 saturated carbocycles. The van der Waals surface area contributed by atoms with Crippen LogP contribution in [0.1, 0.15) is 33.2 Å². The fourth-order valence-electron chi connectivity index (χ4n) is 2.45. The van der Waals surface area contributed by atoms with Gasteiger partial charge < -0.3 is 9.64 Å². The van der Waals surface area contributed by atoms with Crippen molar-refractivity contribution in [1.82, 2.24) is 0 Å². The number of esters is 1.